The van der Waals surface area contributed by atoms with Crippen LogP contribution in [-0.2, 0) is 22.9 Å². The number of aliphatic hydroxyl groups excluding tert-OH is 1. The molecular weight excluding hydrogens is 358 g/mol. The Kier molecular flexibility index (Phi) is 7.90. The lowest BCUT2D eigenvalue weighted by Gasteiger charge is -2.08. The van der Waals surface area contributed by atoms with E-state index in [1.807, 2.05) is 12.1 Å². The lowest BCUT2D eigenvalue weighted by Crippen LogP contribution is -2.25. The van der Waals surface area contributed by atoms with E-state index in [1.165, 1.54) is 17.7 Å². The van der Waals surface area contributed by atoms with Gasteiger partial charge in [0.25, 0.3) is 0 Å². The topological polar surface area (TPSA) is 66.4 Å². The van der Waals surface area contributed by atoms with Gasteiger partial charge in [-0.15, -0.1) is 0 Å². The Hall–Kier alpha value is -1.40. The lowest BCUT2D eigenvalue weighted by molar-refractivity contribution is 0.283. The third kappa shape index (κ3) is 6.78. The van der Waals surface area contributed by atoms with Crippen molar-refractivity contribution in [1.82, 2.24) is 4.72 Å². The average molecular weight is 382 g/mol. The minimum Gasteiger partial charge on any atom is -0.396 e. The maximum atomic E-state index is 12.2. The highest BCUT2D eigenvalue weighted by molar-refractivity contribution is 7.89. The van der Waals surface area contributed by atoms with E-state index in [-0.39, 0.29) is 11.5 Å². The van der Waals surface area contributed by atoms with Crippen LogP contribution in [0.1, 0.15) is 30.4 Å². The number of aryl methyl sites for hydroxylation is 1. The van der Waals surface area contributed by atoms with Gasteiger partial charge in [0.05, 0.1) is 4.90 Å². The molecule has 0 fully saturated rings. The van der Waals surface area contributed by atoms with Gasteiger partial charge in [0.15, 0.2) is 0 Å². The van der Waals surface area contributed by atoms with Crippen LogP contribution in [-0.4, -0.2) is 26.7 Å². The van der Waals surface area contributed by atoms with E-state index in [2.05, 4.69) is 16.9 Å². The zero-order valence-corrected chi connectivity index (χ0v) is 15.7. The van der Waals surface area contributed by atoms with Crippen molar-refractivity contribution in [2.75, 3.05) is 13.2 Å². The quantitative estimate of drug-likeness (QED) is 0.618. The van der Waals surface area contributed by atoms with E-state index in [1.54, 1.807) is 12.1 Å². The first-order chi connectivity index (χ1) is 12.0. The van der Waals surface area contributed by atoms with Gasteiger partial charge in [-0.05, 0) is 61.1 Å². The van der Waals surface area contributed by atoms with Gasteiger partial charge in [0.2, 0.25) is 10.0 Å². The zero-order valence-electron chi connectivity index (χ0n) is 14.1. The Balaban J connectivity index is 1.80. The van der Waals surface area contributed by atoms with Gasteiger partial charge in [-0.1, -0.05) is 42.3 Å². The van der Waals surface area contributed by atoms with E-state index >= 15 is 0 Å². The fourth-order valence-corrected chi connectivity index (χ4v) is 3.67. The monoisotopic (exact) mass is 381 g/mol. The summed E-state index contributed by atoms with van der Waals surface area (Å²) in [7, 11) is -3.50. The molecule has 0 aliphatic rings. The molecule has 25 heavy (non-hydrogen) atoms. The molecule has 0 saturated heterocycles. The second-order valence-corrected chi connectivity index (χ2v) is 8.16. The molecule has 0 saturated carbocycles. The molecule has 0 aliphatic carbocycles. The van der Waals surface area contributed by atoms with Gasteiger partial charge >= 0.3 is 0 Å². The van der Waals surface area contributed by atoms with Crippen molar-refractivity contribution in [1.29, 1.82) is 0 Å². The molecule has 4 nitrogen and oxygen atoms in total. The summed E-state index contributed by atoms with van der Waals surface area (Å²) in [6.45, 7) is 0.603. The van der Waals surface area contributed by atoms with Crippen LogP contribution in [0, 0.1) is 0 Å². The molecule has 0 aromatic heterocycles. The lowest BCUT2D eigenvalue weighted by atomic mass is 10.0. The molecule has 136 valence electrons. The summed E-state index contributed by atoms with van der Waals surface area (Å²) in [6.07, 6.45) is 4.60. The first-order valence-corrected chi connectivity index (χ1v) is 10.3. The zero-order chi connectivity index (χ0) is 18.1. The highest BCUT2D eigenvalue weighted by atomic mass is 35.5. The molecule has 0 atom stereocenters. The molecule has 2 aromatic carbocycles. The van der Waals surface area contributed by atoms with E-state index in [9.17, 15) is 8.42 Å². The van der Waals surface area contributed by atoms with Crippen molar-refractivity contribution < 1.29 is 13.5 Å². The highest BCUT2D eigenvalue weighted by Crippen LogP contribution is 2.14. The Morgan fingerprint density at radius 1 is 0.840 bits per heavy atom. The molecule has 0 heterocycles. The second kappa shape index (κ2) is 9.92. The Morgan fingerprint density at radius 3 is 2.04 bits per heavy atom. The van der Waals surface area contributed by atoms with E-state index in [4.69, 9.17) is 16.7 Å². The number of halogens is 1. The average Bonchev–Trinajstić information content (AvgIpc) is 2.60. The van der Waals surface area contributed by atoms with Crippen LogP contribution in [0.2, 0.25) is 5.02 Å². The maximum absolute atomic E-state index is 12.2. The van der Waals surface area contributed by atoms with E-state index < -0.39 is 10.0 Å². The summed E-state index contributed by atoms with van der Waals surface area (Å²) in [5, 5.41) is 9.28. The van der Waals surface area contributed by atoms with Crippen LogP contribution in [0.4, 0.5) is 0 Å². The summed E-state index contributed by atoms with van der Waals surface area (Å²) in [5.41, 5.74) is 2.36. The summed E-state index contributed by atoms with van der Waals surface area (Å²) in [4.78, 5) is 0.218. The Labute approximate surface area is 154 Å². The number of aliphatic hydroxyl groups is 1. The van der Waals surface area contributed by atoms with Crippen molar-refractivity contribution >= 4 is 21.6 Å². The summed E-state index contributed by atoms with van der Waals surface area (Å²) in [6, 6.07) is 14.4. The number of unbranched alkanes of at least 4 members (excludes halogenated alkanes) is 2. The number of rotatable bonds is 10. The number of hydrogen-bond donors (Lipinski definition) is 2. The molecule has 0 bridgehead atoms. The van der Waals surface area contributed by atoms with Crippen molar-refractivity contribution in [2.45, 2.75) is 37.0 Å². The number of benzene rings is 2. The fraction of sp³-hybridized carbons (Fsp3) is 0.368. The SMILES string of the molecule is O=S(=O)(NCCc1ccc(CCCCCO)cc1)c1ccc(Cl)cc1. The van der Waals surface area contributed by atoms with E-state index in [0.717, 1.165) is 31.2 Å². The molecule has 0 aliphatic heterocycles. The van der Waals surface area contributed by atoms with Crippen LogP contribution in [0.25, 0.3) is 0 Å². The highest BCUT2D eigenvalue weighted by Gasteiger charge is 2.12. The molecule has 2 N–H and O–H groups in total. The smallest absolute Gasteiger partial charge is 0.240 e. The van der Waals surface area contributed by atoms with Gasteiger partial charge in [0, 0.05) is 18.2 Å². The van der Waals surface area contributed by atoms with Crippen LogP contribution in [0.15, 0.2) is 53.4 Å². The predicted octanol–water partition coefficient (Wildman–Crippen LogP) is 3.57. The largest absolute Gasteiger partial charge is 0.396 e. The van der Waals surface area contributed by atoms with Crippen LogP contribution in [0.3, 0.4) is 0 Å². The minimum absolute atomic E-state index is 0.218. The van der Waals surface area contributed by atoms with Crippen LogP contribution < -0.4 is 4.72 Å². The molecule has 0 radical (unpaired) electrons. The van der Waals surface area contributed by atoms with Crippen molar-refractivity contribution in [3.05, 3.63) is 64.7 Å². The summed E-state index contributed by atoms with van der Waals surface area (Å²) in [5.74, 6) is 0. The van der Waals surface area contributed by atoms with Gasteiger partial charge in [0.1, 0.15) is 0 Å². The molecule has 0 unspecified atom stereocenters. The van der Waals surface area contributed by atoms with Crippen LogP contribution >= 0.6 is 11.6 Å². The predicted molar refractivity (Wildman–Crippen MR) is 101 cm³/mol. The third-order valence-corrected chi connectivity index (χ3v) is 5.71. The second-order valence-electron chi connectivity index (χ2n) is 5.95. The van der Waals surface area contributed by atoms with Gasteiger partial charge in [-0.2, -0.15) is 0 Å². The van der Waals surface area contributed by atoms with E-state index in [0.29, 0.717) is 18.0 Å². The Bertz CT molecular complexity index is 743. The van der Waals surface area contributed by atoms with Gasteiger partial charge in [-0.25, -0.2) is 13.1 Å². The number of nitrogens with one attached hydrogen (secondary N) is 1. The first-order valence-electron chi connectivity index (χ1n) is 8.45. The summed E-state index contributed by atoms with van der Waals surface area (Å²) >= 11 is 5.78. The molecule has 0 spiro atoms. The van der Waals surface area contributed by atoms with Crippen molar-refractivity contribution in [3.8, 4) is 0 Å². The maximum Gasteiger partial charge on any atom is 0.240 e. The minimum atomic E-state index is -3.50. The molecule has 2 rings (SSSR count). The fourth-order valence-electron chi connectivity index (χ4n) is 2.52. The van der Waals surface area contributed by atoms with Gasteiger partial charge in [-0.3, -0.25) is 0 Å². The number of hydrogen-bond acceptors (Lipinski definition) is 3. The molecule has 0 amide bonds. The molecule has 2 aromatic rings. The molecular formula is C19H24ClNO3S. The summed E-state index contributed by atoms with van der Waals surface area (Å²) < 4.78 is 27.0. The van der Waals surface area contributed by atoms with Gasteiger partial charge < -0.3 is 5.11 Å². The molecule has 6 heteroatoms. The standard InChI is InChI=1S/C19H24ClNO3S/c20-18-9-11-19(12-10-18)25(23,24)21-14-13-17-7-5-16(6-8-17)4-2-1-3-15-22/h5-12,21-22H,1-4,13-15H2. The third-order valence-electron chi connectivity index (χ3n) is 3.98. The van der Waals surface area contributed by atoms with Crippen molar-refractivity contribution in [2.24, 2.45) is 0 Å². The van der Waals surface area contributed by atoms with Crippen LogP contribution in [0.5, 0.6) is 0 Å². The number of sulfonamides is 1. The normalized spacial score (nSPS) is 11.6. The first kappa shape index (κ1) is 19.9. The van der Waals surface area contributed by atoms with Crippen molar-refractivity contribution in [3.63, 3.8) is 0 Å². The Morgan fingerprint density at radius 2 is 1.44 bits per heavy atom.